The van der Waals surface area contributed by atoms with E-state index in [0.717, 1.165) is 5.69 Å². The number of halogens is 3. The maximum Gasteiger partial charge on any atom is 0.490 e. The lowest BCUT2D eigenvalue weighted by molar-refractivity contribution is -0.192. The van der Waals surface area contributed by atoms with E-state index < -0.39 is 18.2 Å². The number of carboxylic acids is 1. The van der Waals surface area contributed by atoms with E-state index in [2.05, 4.69) is 15.5 Å². The fourth-order valence-corrected chi connectivity index (χ4v) is 1.47. The molecule has 0 saturated carbocycles. The van der Waals surface area contributed by atoms with Crippen molar-refractivity contribution in [3.63, 3.8) is 0 Å². The van der Waals surface area contributed by atoms with Crippen molar-refractivity contribution in [2.24, 2.45) is 0 Å². The molecule has 1 aromatic carbocycles. The average Bonchev–Trinajstić information content (AvgIpc) is 2.93. The van der Waals surface area contributed by atoms with Crippen LogP contribution in [0.3, 0.4) is 0 Å². The van der Waals surface area contributed by atoms with Crippen molar-refractivity contribution in [2.75, 3.05) is 5.32 Å². The number of carbonyl (C=O) groups excluding carboxylic acids is 1. The minimum Gasteiger partial charge on any atom is -0.481 e. The zero-order valence-corrected chi connectivity index (χ0v) is 13.3. The van der Waals surface area contributed by atoms with Gasteiger partial charge in [-0.15, -0.1) is 0 Å². The maximum absolute atomic E-state index is 11.8. The van der Waals surface area contributed by atoms with Crippen molar-refractivity contribution < 1.29 is 32.6 Å². The number of hydrogen-bond donors (Lipinski definition) is 3. The van der Waals surface area contributed by atoms with Gasteiger partial charge in [-0.1, -0.05) is 18.2 Å². The Kier molecular flexibility index (Phi) is 6.97. The summed E-state index contributed by atoms with van der Waals surface area (Å²) in [5.41, 5.74) is 0.891. The number of alkyl halides is 3. The Bertz CT molecular complexity index is 702. The summed E-state index contributed by atoms with van der Waals surface area (Å²) in [6.45, 7) is 3.56. The Morgan fingerprint density at radius 2 is 1.84 bits per heavy atom. The Balaban J connectivity index is 0.000000381. The highest BCUT2D eigenvalue weighted by atomic mass is 19.4. The molecule has 136 valence electrons. The number of aromatic amines is 1. The number of amides is 1. The predicted octanol–water partition coefficient (Wildman–Crippen LogP) is 2.76. The summed E-state index contributed by atoms with van der Waals surface area (Å²) in [5, 5.41) is 16.5. The standard InChI is InChI=1S/C13H15N3O2.C2HF3O2/c1-9-8-12(16-15-9)14-13(17)10(2)18-11-6-4-3-5-7-11;3-2(4,5)1(6)7/h3-8,10H,1-2H3,(H2,14,15,16,17);(H,6,7). The molecule has 1 amide bonds. The number of ether oxygens (including phenoxy) is 1. The topological polar surface area (TPSA) is 104 Å². The van der Waals surface area contributed by atoms with Crippen molar-refractivity contribution in [2.45, 2.75) is 26.1 Å². The van der Waals surface area contributed by atoms with Crippen LogP contribution in [0.1, 0.15) is 12.6 Å². The third kappa shape index (κ3) is 7.38. The molecular weight excluding hydrogens is 343 g/mol. The molecule has 7 nitrogen and oxygen atoms in total. The van der Waals surface area contributed by atoms with Gasteiger partial charge in [0.2, 0.25) is 0 Å². The van der Waals surface area contributed by atoms with Crippen molar-refractivity contribution in [1.29, 1.82) is 0 Å². The highest BCUT2D eigenvalue weighted by Gasteiger charge is 2.38. The zero-order valence-electron chi connectivity index (χ0n) is 13.3. The molecule has 0 radical (unpaired) electrons. The number of benzene rings is 1. The first-order chi connectivity index (χ1) is 11.6. The number of nitrogens with one attached hydrogen (secondary N) is 2. The van der Waals surface area contributed by atoms with Gasteiger partial charge in [0.1, 0.15) is 5.75 Å². The molecular formula is C15H16F3N3O4. The molecule has 0 aliphatic carbocycles. The van der Waals surface area contributed by atoms with Crippen LogP contribution in [0.5, 0.6) is 5.75 Å². The fourth-order valence-electron chi connectivity index (χ4n) is 1.47. The molecule has 3 N–H and O–H groups in total. The fraction of sp³-hybridized carbons (Fsp3) is 0.267. The number of carbonyl (C=O) groups is 2. The Hall–Kier alpha value is -3.04. The lowest BCUT2D eigenvalue weighted by Gasteiger charge is -2.13. The van der Waals surface area contributed by atoms with E-state index in [4.69, 9.17) is 14.6 Å². The van der Waals surface area contributed by atoms with Gasteiger partial charge >= 0.3 is 12.1 Å². The van der Waals surface area contributed by atoms with Crippen LogP contribution >= 0.6 is 0 Å². The number of carboxylic acid groups (broad SMARTS) is 1. The number of anilines is 1. The van der Waals surface area contributed by atoms with Crippen molar-refractivity contribution in [1.82, 2.24) is 10.2 Å². The smallest absolute Gasteiger partial charge is 0.481 e. The Morgan fingerprint density at radius 1 is 1.28 bits per heavy atom. The first kappa shape index (κ1) is 20.0. The lowest BCUT2D eigenvalue weighted by atomic mass is 10.3. The largest absolute Gasteiger partial charge is 0.490 e. The first-order valence-corrected chi connectivity index (χ1v) is 6.94. The summed E-state index contributed by atoms with van der Waals surface area (Å²) < 4.78 is 37.2. The predicted molar refractivity (Wildman–Crippen MR) is 82.2 cm³/mol. The lowest BCUT2D eigenvalue weighted by Crippen LogP contribution is -2.30. The number of nitrogens with zero attached hydrogens (tertiary/aromatic N) is 1. The summed E-state index contributed by atoms with van der Waals surface area (Å²) >= 11 is 0. The van der Waals surface area contributed by atoms with Crippen LogP contribution in [-0.2, 0) is 9.59 Å². The molecule has 2 aromatic rings. The summed E-state index contributed by atoms with van der Waals surface area (Å²) in [6, 6.07) is 11.0. The van der Waals surface area contributed by atoms with Crippen molar-refractivity contribution >= 4 is 17.7 Å². The molecule has 2 rings (SSSR count). The molecule has 0 fully saturated rings. The number of aliphatic carboxylic acids is 1. The Morgan fingerprint density at radius 3 is 2.28 bits per heavy atom. The van der Waals surface area contributed by atoms with Gasteiger partial charge in [-0.05, 0) is 26.0 Å². The number of rotatable bonds is 4. The molecule has 25 heavy (non-hydrogen) atoms. The van der Waals surface area contributed by atoms with Gasteiger partial charge < -0.3 is 15.2 Å². The second-order valence-corrected chi connectivity index (χ2v) is 4.80. The van der Waals surface area contributed by atoms with E-state index in [1.165, 1.54) is 0 Å². The Labute approximate surface area is 140 Å². The molecule has 1 heterocycles. The molecule has 1 aromatic heterocycles. The summed E-state index contributed by atoms with van der Waals surface area (Å²) in [5.74, 6) is -1.82. The zero-order chi connectivity index (χ0) is 19.0. The minimum absolute atomic E-state index is 0.231. The number of hydrogen-bond acceptors (Lipinski definition) is 4. The molecule has 10 heteroatoms. The number of para-hydroxylation sites is 1. The van der Waals surface area contributed by atoms with Crippen LogP contribution in [0.15, 0.2) is 36.4 Å². The third-order valence-corrected chi connectivity index (χ3v) is 2.62. The van der Waals surface area contributed by atoms with Gasteiger partial charge in [-0.3, -0.25) is 9.89 Å². The van der Waals surface area contributed by atoms with Crippen molar-refractivity contribution in [3.05, 3.63) is 42.1 Å². The highest BCUT2D eigenvalue weighted by molar-refractivity contribution is 5.93. The van der Waals surface area contributed by atoms with E-state index in [1.54, 1.807) is 13.0 Å². The molecule has 0 bridgehead atoms. The average molecular weight is 359 g/mol. The van der Waals surface area contributed by atoms with Crippen LogP contribution in [0.2, 0.25) is 0 Å². The maximum atomic E-state index is 11.8. The molecule has 1 unspecified atom stereocenters. The van der Waals surface area contributed by atoms with Crippen LogP contribution < -0.4 is 10.1 Å². The van der Waals surface area contributed by atoms with E-state index in [0.29, 0.717) is 11.6 Å². The SMILES string of the molecule is Cc1cc(NC(=O)C(C)Oc2ccccc2)n[nH]1.O=C(O)C(F)(F)F. The highest BCUT2D eigenvalue weighted by Crippen LogP contribution is 2.13. The van der Waals surface area contributed by atoms with E-state index in [9.17, 15) is 18.0 Å². The molecule has 0 aliphatic rings. The van der Waals surface area contributed by atoms with Gasteiger partial charge in [-0.2, -0.15) is 18.3 Å². The van der Waals surface area contributed by atoms with Crippen LogP contribution in [0.25, 0.3) is 0 Å². The molecule has 0 spiro atoms. The summed E-state index contributed by atoms with van der Waals surface area (Å²) in [6.07, 6.45) is -5.66. The first-order valence-electron chi connectivity index (χ1n) is 6.94. The molecule has 0 saturated heterocycles. The van der Waals surface area contributed by atoms with Crippen LogP contribution in [0, 0.1) is 6.92 Å². The molecule has 0 aliphatic heterocycles. The number of H-pyrrole nitrogens is 1. The second-order valence-electron chi connectivity index (χ2n) is 4.80. The minimum atomic E-state index is -5.08. The second kappa shape index (κ2) is 8.71. The normalized spacial score (nSPS) is 11.7. The van der Waals surface area contributed by atoms with E-state index >= 15 is 0 Å². The third-order valence-electron chi connectivity index (χ3n) is 2.62. The summed E-state index contributed by atoms with van der Waals surface area (Å²) in [7, 11) is 0. The van der Waals surface area contributed by atoms with Crippen LogP contribution in [0.4, 0.5) is 19.0 Å². The van der Waals surface area contributed by atoms with Gasteiger partial charge in [0, 0.05) is 11.8 Å². The quantitative estimate of drug-likeness (QED) is 0.779. The van der Waals surface area contributed by atoms with Gasteiger partial charge in [0.05, 0.1) is 0 Å². The van der Waals surface area contributed by atoms with Crippen LogP contribution in [-0.4, -0.2) is 39.5 Å². The van der Waals surface area contributed by atoms with Gasteiger partial charge in [0.15, 0.2) is 11.9 Å². The monoisotopic (exact) mass is 359 g/mol. The van der Waals surface area contributed by atoms with E-state index in [-0.39, 0.29) is 5.91 Å². The van der Waals surface area contributed by atoms with Crippen molar-refractivity contribution in [3.8, 4) is 5.75 Å². The molecule has 1 atom stereocenters. The number of aromatic nitrogens is 2. The van der Waals surface area contributed by atoms with E-state index in [1.807, 2.05) is 37.3 Å². The summed E-state index contributed by atoms with van der Waals surface area (Å²) in [4.78, 5) is 20.7. The number of aryl methyl sites for hydroxylation is 1. The van der Waals surface area contributed by atoms with Gasteiger partial charge in [0.25, 0.3) is 5.91 Å². The van der Waals surface area contributed by atoms with Gasteiger partial charge in [-0.25, -0.2) is 4.79 Å².